The van der Waals surface area contributed by atoms with Crippen LogP contribution in [-0.4, -0.2) is 34.6 Å². The van der Waals surface area contributed by atoms with Crippen LogP contribution in [0.4, 0.5) is 9.18 Å². The molecule has 19 heavy (non-hydrogen) atoms. The molecule has 0 aliphatic heterocycles. The van der Waals surface area contributed by atoms with Crippen LogP contribution < -0.4 is 5.32 Å². The second-order valence-corrected chi connectivity index (χ2v) is 6.48. The van der Waals surface area contributed by atoms with Gasteiger partial charge in [-0.2, -0.15) is 0 Å². The fourth-order valence-corrected chi connectivity index (χ4v) is 2.46. The average molecular weight is 275 g/mol. The highest BCUT2D eigenvalue weighted by Gasteiger charge is 2.42. The first-order chi connectivity index (χ1) is 8.64. The van der Waals surface area contributed by atoms with E-state index in [0.717, 1.165) is 19.3 Å². The summed E-state index contributed by atoms with van der Waals surface area (Å²) in [6.07, 6.45) is 1.47. The zero-order chi connectivity index (χ0) is 14.7. The van der Waals surface area contributed by atoms with E-state index in [4.69, 9.17) is 4.74 Å². The van der Waals surface area contributed by atoms with Crippen molar-refractivity contribution in [1.29, 1.82) is 0 Å². The molecule has 0 heterocycles. The number of carbonyl (C=O) groups excluding carboxylic acids is 1. The standard InChI is InChI=1S/C14H26FNO3/c1-10(16-12(18)19-13(2,3)4)11(17)14(15)8-6-5-7-9-14/h10-11,17H,5-9H2,1-4H3,(H,16,18)/t10-,11-/m0/s1. The number of alkyl carbamates (subject to hydrolysis) is 1. The summed E-state index contributed by atoms with van der Waals surface area (Å²) in [5.41, 5.74) is -2.19. The average Bonchev–Trinajstić information content (AvgIpc) is 2.26. The molecule has 0 aromatic heterocycles. The largest absolute Gasteiger partial charge is 0.444 e. The first kappa shape index (κ1) is 16.2. The van der Waals surface area contributed by atoms with Crippen LogP contribution in [0.3, 0.4) is 0 Å². The van der Waals surface area contributed by atoms with Gasteiger partial charge in [0.15, 0.2) is 0 Å². The van der Waals surface area contributed by atoms with E-state index in [9.17, 15) is 14.3 Å². The first-order valence-corrected chi connectivity index (χ1v) is 7.00. The third-order valence-corrected chi connectivity index (χ3v) is 3.43. The Bertz CT molecular complexity index is 308. The van der Waals surface area contributed by atoms with Crippen LogP contribution in [0.15, 0.2) is 0 Å². The number of nitrogens with one attached hydrogen (secondary N) is 1. The highest BCUT2D eigenvalue weighted by Crippen LogP contribution is 2.35. The molecular formula is C14H26FNO3. The van der Waals surface area contributed by atoms with Crippen molar-refractivity contribution in [3.63, 3.8) is 0 Å². The number of hydrogen-bond donors (Lipinski definition) is 2. The Morgan fingerprint density at radius 2 is 1.84 bits per heavy atom. The maximum absolute atomic E-state index is 14.6. The van der Waals surface area contributed by atoms with Crippen molar-refractivity contribution < 1.29 is 19.0 Å². The van der Waals surface area contributed by atoms with Crippen molar-refractivity contribution >= 4 is 6.09 Å². The minimum Gasteiger partial charge on any atom is -0.444 e. The monoisotopic (exact) mass is 275 g/mol. The molecule has 1 fully saturated rings. The molecule has 1 saturated carbocycles. The van der Waals surface area contributed by atoms with Gasteiger partial charge in [0.05, 0.1) is 6.04 Å². The van der Waals surface area contributed by atoms with Crippen molar-refractivity contribution in [2.75, 3.05) is 0 Å². The third kappa shape index (κ3) is 4.97. The Labute approximate surface area is 114 Å². The van der Waals surface area contributed by atoms with Gasteiger partial charge in [0.2, 0.25) is 0 Å². The Morgan fingerprint density at radius 1 is 1.32 bits per heavy atom. The summed E-state index contributed by atoms with van der Waals surface area (Å²) in [6, 6.07) is -0.669. The zero-order valence-electron chi connectivity index (χ0n) is 12.3. The molecule has 0 spiro atoms. The van der Waals surface area contributed by atoms with Gasteiger partial charge in [-0.1, -0.05) is 19.3 Å². The second kappa shape index (κ2) is 6.07. The highest BCUT2D eigenvalue weighted by atomic mass is 19.1. The Kier molecular flexibility index (Phi) is 5.18. The molecule has 2 atom stereocenters. The summed E-state index contributed by atoms with van der Waals surface area (Å²) in [7, 11) is 0. The quantitative estimate of drug-likeness (QED) is 0.832. The number of amides is 1. The lowest BCUT2D eigenvalue weighted by Gasteiger charge is -2.37. The fourth-order valence-electron chi connectivity index (χ4n) is 2.46. The van der Waals surface area contributed by atoms with Gasteiger partial charge in [0.25, 0.3) is 0 Å². The van der Waals surface area contributed by atoms with Crippen LogP contribution in [-0.2, 0) is 4.74 Å². The lowest BCUT2D eigenvalue weighted by Crippen LogP contribution is -2.53. The number of rotatable bonds is 3. The van der Waals surface area contributed by atoms with Gasteiger partial charge in [0, 0.05) is 0 Å². The van der Waals surface area contributed by atoms with Gasteiger partial charge in [-0.05, 0) is 40.5 Å². The highest BCUT2D eigenvalue weighted by molar-refractivity contribution is 5.68. The Morgan fingerprint density at radius 3 is 2.32 bits per heavy atom. The van der Waals surface area contributed by atoms with Crippen molar-refractivity contribution in [2.24, 2.45) is 0 Å². The van der Waals surface area contributed by atoms with E-state index in [1.165, 1.54) is 0 Å². The number of aliphatic hydroxyl groups is 1. The maximum Gasteiger partial charge on any atom is 0.407 e. The topological polar surface area (TPSA) is 58.6 Å². The third-order valence-electron chi connectivity index (χ3n) is 3.43. The van der Waals surface area contributed by atoms with Gasteiger partial charge < -0.3 is 15.2 Å². The SMILES string of the molecule is C[C@H](NC(=O)OC(C)(C)C)[C@H](O)C1(F)CCCCC1. The molecule has 1 amide bonds. The van der Waals surface area contributed by atoms with E-state index in [0.29, 0.717) is 12.8 Å². The fraction of sp³-hybridized carbons (Fsp3) is 0.929. The lowest BCUT2D eigenvalue weighted by atomic mass is 9.80. The van der Waals surface area contributed by atoms with Crippen molar-refractivity contribution in [3.8, 4) is 0 Å². The number of hydrogen-bond acceptors (Lipinski definition) is 3. The molecule has 2 N–H and O–H groups in total. The molecule has 0 aromatic rings. The second-order valence-electron chi connectivity index (χ2n) is 6.48. The molecule has 1 aliphatic carbocycles. The minimum atomic E-state index is -1.59. The zero-order valence-corrected chi connectivity index (χ0v) is 12.3. The van der Waals surface area contributed by atoms with E-state index >= 15 is 0 Å². The van der Waals surface area contributed by atoms with E-state index in [1.807, 2.05) is 0 Å². The Balaban J connectivity index is 2.52. The molecule has 1 rings (SSSR count). The number of alkyl halides is 1. The first-order valence-electron chi connectivity index (χ1n) is 7.00. The molecule has 112 valence electrons. The smallest absolute Gasteiger partial charge is 0.407 e. The van der Waals surface area contributed by atoms with Gasteiger partial charge >= 0.3 is 6.09 Å². The molecule has 0 aromatic carbocycles. The molecule has 0 bridgehead atoms. The summed E-state index contributed by atoms with van der Waals surface area (Å²) < 4.78 is 19.7. The van der Waals surface area contributed by atoms with Gasteiger partial charge in [0.1, 0.15) is 17.4 Å². The summed E-state index contributed by atoms with van der Waals surface area (Å²) >= 11 is 0. The van der Waals surface area contributed by atoms with Crippen LogP contribution in [0.25, 0.3) is 0 Å². The summed E-state index contributed by atoms with van der Waals surface area (Å²) in [5, 5.41) is 12.6. The predicted molar refractivity (Wildman–Crippen MR) is 71.8 cm³/mol. The van der Waals surface area contributed by atoms with Gasteiger partial charge in [-0.15, -0.1) is 0 Å². The van der Waals surface area contributed by atoms with Crippen LogP contribution in [0.1, 0.15) is 59.8 Å². The minimum absolute atomic E-state index is 0.356. The molecule has 5 heteroatoms. The van der Waals surface area contributed by atoms with Gasteiger partial charge in [-0.25, -0.2) is 9.18 Å². The molecule has 0 radical (unpaired) electrons. The number of halogens is 1. The van der Waals surface area contributed by atoms with E-state index in [2.05, 4.69) is 5.32 Å². The normalized spacial score (nSPS) is 22.4. The van der Waals surface area contributed by atoms with E-state index in [1.54, 1.807) is 27.7 Å². The summed E-state index contributed by atoms with van der Waals surface area (Å²) in [5.74, 6) is 0. The van der Waals surface area contributed by atoms with Crippen LogP contribution in [0, 0.1) is 0 Å². The number of ether oxygens (including phenoxy) is 1. The summed E-state index contributed by atoms with van der Waals surface area (Å²) in [4.78, 5) is 11.6. The molecule has 1 aliphatic rings. The molecule has 4 nitrogen and oxygen atoms in total. The lowest BCUT2D eigenvalue weighted by molar-refractivity contribution is -0.0513. The Hall–Kier alpha value is -0.840. The van der Waals surface area contributed by atoms with Crippen LogP contribution >= 0.6 is 0 Å². The van der Waals surface area contributed by atoms with Crippen molar-refractivity contribution in [2.45, 2.75) is 83.2 Å². The van der Waals surface area contributed by atoms with E-state index in [-0.39, 0.29) is 0 Å². The van der Waals surface area contributed by atoms with Crippen molar-refractivity contribution in [1.82, 2.24) is 5.32 Å². The van der Waals surface area contributed by atoms with Crippen LogP contribution in [0.2, 0.25) is 0 Å². The summed E-state index contributed by atoms with van der Waals surface area (Å²) in [6.45, 7) is 6.87. The molecule has 0 saturated heterocycles. The predicted octanol–water partition coefficient (Wildman–Crippen LogP) is 2.93. The van der Waals surface area contributed by atoms with Crippen molar-refractivity contribution in [3.05, 3.63) is 0 Å². The van der Waals surface area contributed by atoms with Gasteiger partial charge in [-0.3, -0.25) is 0 Å². The van der Waals surface area contributed by atoms with E-state index < -0.39 is 29.5 Å². The maximum atomic E-state index is 14.6. The number of aliphatic hydroxyl groups excluding tert-OH is 1. The van der Waals surface area contributed by atoms with Crippen LogP contribution in [0.5, 0.6) is 0 Å². The number of carbonyl (C=O) groups is 1. The molecular weight excluding hydrogens is 249 g/mol. The molecule has 0 unspecified atom stereocenters.